The van der Waals surface area contributed by atoms with Crippen LogP contribution in [0.25, 0.3) is 0 Å². The zero-order valence-corrected chi connectivity index (χ0v) is 22.3. The van der Waals surface area contributed by atoms with Crippen LogP contribution in [0.1, 0.15) is 62.4 Å². The number of unbranched alkanes of at least 4 members (excludes halogenated alkanes) is 1. The predicted octanol–water partition coefficient (Wildman–Crippen LogP) is 4.93. The molecule has 1 aliphatic heterocycles. The average Bonchev–Trinajstić information content (AvgIpc) is 3.57. The van der Waals surface area contributed by atoms with Crippen molar-refractivity contribution >= 4 is 41.1 Å². The summed E-state index contributed by atoms with van der Waals surface area (Å²) in [5, 5.41) is 8.58. The molecule has 0 radical (unpaired) electrons. The second-order valence-electron chi connectivity index (χ2n) is 9.69. The SMILES string of the molecule is CCCC[Si](OC1CCN1c1nc(C(=O)NC2CCCC2)cs1)(c1ccccc1)c1ccccc1. The van der Waals surface area contributed by atoms with Gasteiger partial charge in [0.15, 0.2) is 5.13 Å². The summed E-state index contributed by atoms with van der Waals surface area (Å²) in [5.41, 5.74) is 0.531. The summed E-state index contributed by atoms with van der Waals surface area (Å²) in [4.78, 5) is 19.7. The molecule has 3 aromatic rings. The fourth-order valence-corrected chi connectivity index (χ4v) is 10.5. The second-order valence-corrected chi connectivity index (χ2v) is 14.1. The van der Waals surface area contributed by atoms with Crippen molar-refractivity contribution in [1.82, 2.24) is 10.3 Å². The Bertz CT molecular complexity index is 1060. The fraction of sp³-hybridized carbons (Fsp3) is 0.429. The van der Waals surface area contributed by atoms with Gasteiger partial charge < -0.3 is 14.6 Å². The summed E-state index contributed by atoms with van der Waals surface area (Å²) in [7, 11) is -2.46. The minimum absolute atomic E-state index is 0.0178. The van der Waals surface area contributed by atoms with E-state index in [9.17, 15) is 4.79 Å². The Balaban J connectivity index is 1.38. The Hall–Kier alpha value is -2.48. The van der Waals surface area contributed by atoms with Gasteiger partial charge in [0.05, 0.1) is 0 Å². The van der Waals surface area contributed by atoms with Gasteiger partial charge >= 0.3 is 0 Å². The van der Waals surface area contributed by atoms with E-state index < -0.39 is 8.32 Å². The molecule has 1 saturated carbocycles. The van der Waals surface area contributed by atoms with Crippen LogP contribution >= 0.6 is 11.3 Å². The highest BCUT2D eigenvalue weighted by Gasteiger charge is 2.45. The Morgan fingerprint density at radius 3 is 2.29 bits per heavy atom. The summed E-state index contributed by atoms with van der Waals surface area (Å²) >= 11 is 1.55. The normalized spacial score (nSPS) is 18.4. The zero-order chi connectivity index (χ0) is 24.1. The number of benzene rings is 2. The number of carbonyl (C=O) groups excluding carboxylic acids is 1. The smallest absolute Gasteiger partial charge is 0.271 e. The maximum Gasteiger partial charge on any atom is 0.271 e. The lowest BCUT2D eigenvalue weighted by atomic mass is 10.2. The third-order valence-electron chi connectivity index (χ3n) is 7.33. The molecular weight excluding hydrogens is 470 g/mol. The van der Waals surface area contributed by atoms with Crippen molar-refractivity contribution in [2.24, 2.45) is 0 Å². The van der Waals surface area contributed by atoms with Crippen LogP contribution in [-0.2, 0) is 4.43 Å². The summed E-state index contributed by atoms with van der Waals surface area (Å²) in [6, 6.07) is 23.0. The van der Waals surface area contributed by atoms with E-state index >= 15 is 0 Å². The standard InChI is InChI=1S/C28H35N3O2SSi/c1-2-3-20-35(23-14-6-4-7-15-23,24-16-8-5-9-17-24)33-26-18-19-31(26)28-30-25(21-34-28)27(32)29-22-12-10-11-13-22/h4-9,14-17,21-22,26H,2-3,10-13,18-20H2,1H3,(H,29,32). The number of hydrogen-bond donors (Lipinski definition) is 1. The summed E-state index contributed by atoms with van der Waals surface area (Å²) in [5.74, 6) is -0.0439. The summed E-state index contributed by atoms with van der Waals surface area (Å²) in [6.07, 6.45) is 7.78. The Morgan fingerprint density at radius 2 is 1.71 bits per heavy atom. The Kier molecular flexibility index (Phi) is 7.65. The number of hydrogen-bond acceptors (Lipinski definition) is 5. The van der Waals surface area contributed by atoms with Gasteiger partial charge in [0.1, 0.15) is 11.9 Å². The monoisotopic (exact) mass is 505 g/mol. The molecule has 0 bridgehead atoms. The number of thiazole rings is 1. The van der Waals surface area contributed by atoms with Gasteiger partial charge in [-0.2, -0.15) is 0 Å². The van der Waals surface area contributed by atoms with Gasteiger partial charge in [-0.1, -0.05) is 93.3 Å². The van der Waals surface area contributed by atoms with E-state index in [1.54, 1.807) is 11.3 Å². The zero-order valence-electron chi connectivity index (χ0n) is 20.5. The van der Waals surface area contributed by atoms with Crippen molar-refractivity contribution < 1.29 is 9.22 Å². The van der Waals surface area contributed by atoms with Crippen molar-refractivity contribution in [1.29, 1.82) is 0 Å². The van der Waals surface area contributed by atoms with Crippen LogP contribution in [0.15, 0.2) is 66.0 Å². The van der Waals surface area contributed by atoms with Gasteiger partial charge in [-0.3, -0.25) is 4.79 Å². The van der Waals surface area contributed by atoms with E-state index in [0.717, 1.165) is 49.8 Å². The maximum atomic E-state index is 12.7. The fourth-order valence-electron chi connectivity index (χ4n) is 5.26. The van der Waals surface area contributed by atoms with Crippen LogP contribution in [0.3, 0.4) is 0 Å². The largest absolute Gasteiger partial charge is 0.388 e. The Labute approximate surface area is 213 Å². The molecule has 7 heteroatoms. The molecule has 1 unspecified atom stereocenters. The van der Waals surface area contributed by atoms with Crippen molar-refractivity contribution in [2.45, 2.75) is 70.2 Å². The molecule has 2 aliphatic rings. The highest BCUT2D eigenvalue weighted by molar-refractivity contribution is 7.14. The van der Waals surface area contributed by atoms with Crippen LogP contribution in [0.2, 0.25) is 6.04 Å². The number of amides is 1. The number of nitrogens with one attached hydrogen (secondary N) is 1. The molecule has 1 atom stereocenters. The van der Waals surface area contributed by atoms with Gasteiger partial charge in [-0.15, -0.1) is 11.3 Å². The molecule has 184 valence electrons. The highest BCUT2D eigenvalue weighted by atomic mass is 32.1. The second kappa shape index (κ2) is 11.1. The van der Waals surface area contributed by atoms with Crippen molar-refractivity contribution in [2.75, 3.05) is 11.4 Å². The first-order valence-electron chi connectivity index (χ1n) is 13.0. The maximum absolute atomic E-state index is 12.7. The molecule has 35 heavy (non-hydrogen) atoms. The molecule has 5 nitrogen and oxygen atoms in total. The van der Waals surface area contributed by atoms with E-state index in [2.05, 4.69) is 77.8 Å². The molecule has 5 rings (SSSR count). The van der Waals surface area contributed by atoms with Gasteiger partial charge in [0.2, 0.25) is 0 Å². The predicted molar refractivity (Wildman–Crippen MR) is 146 cm³/mol. The van der Waals surface area contributed by atoms with Crippen LogP contribution < -0.4 is 20.6 Å². The molecule has 1 aliphatic carbocycles. The summed E-state index contributed by atoms with van der Waals surface area (Å²) < 4.78 is 7.22. The quantitative estimate of drug-likeness (QED) is 0.397. The minimum atomic E-state index is -2.46. The van der Waals surface area contributed by atoms with Gasteiger partial charge in [-0.25, -0.2) is 4.98 Å². The number of nitrogens with zero attached hydrogens (tertiary/aromatic N) is 2. The lowest BCUT2D eigenvalue weighted by Crippen LogP contribution is -2.66. The van der Waals surface area contributed by atoms with E-state index in [0.29, 0.717) is 11.7 Å². The molecular formula is C28H35N3O2SSi. The first-order chi connectivity index (χ1) is 17.2. The van der Waals surface area contributed by atoms with Crippen LogP contribution in [0.4, 0.5) is 5.13 Å². The molecule has 1 amide bonds. The number of carbonyl (C=O) groups is 1. The topological polar surface area (TPSA) is 54.5 Å². The van der Waals surface area contributed by atoms with Crippen molar-refractivity contribution in [3.8, 4) is 0 Å². The third-order valence-corrected chi connectivity index (χ3v) is 12.5. The third kappa shape index (κ3) is 5.22. The Morgan fingerprint density at radius 1 is 1.06 bits per heavy atom. The first kappa shape index (κ1) is 24.2. The van der Waals surface area contributed by atoms with Gasteiger partial charge in [-0.05, 0) is 29.3 Å². The van der Waals surface area contributed by atoms with Gasteiger partial charge in [0.25, 0.3) is 14.2 Å². The minimum Gasteiger partial charge on any atom is -0.388 e. The van der Waals surface area contributed by atoms with E-state index in [-0.39, 0.29) is 12.1 Å². The van der Waals surface area contributed by atoms with Crippen LogP contribution in [0.5, 0.6) is 0 Å². The molecule has 1 N–H and O–H groups in total. The van der Waals surface area contributed by atoms with Crippen LogP contribution in [0, 0.1) is 0 Å². The van der Waals surface area contributed by atoms with E-state index in [4.69, 9.17) is 9.41 Å². The van der Waals surface area contributed by atoms with Crippen molar-refractivity contribution in [3.05, 3.63) is 71.7 Å². The molecule has 2 heterocycles. The molecule has 1 aromatic heterocycles. The molecule has 0 spiro atoms. The number of rotatable bonds is 10. The number of aromatic nitrogens is 1. The lowest BCUT2D eigenvalue weighted by molar-refractivity contribution is 0.0932. The highest BCUT2D eigenvalue weighted by Crippen LogP contribution is 2.33. The number of anilines is 1. The molecule has 2 aromatic carbocycles. The van der Waals surface area contributed by atoms with Gasteiger partial charge in [0, 0.05) is 24.4 Å². The molecule has 2 fully saturated rings. The first-order valence-corrected chi connectivity index (χ1v) is 16.0. The average molecular weight is 506 g/mol. The molecule has 1 saturated heterocycles. The van der Waals surface area contributed by atoms with Crippen molar-refractivity contribution in [3.63, 3.8) is 0 Å². The summed E-state index contributed by atoms with van der Waals surface area (Å²) in [6.45, 7) is 3.15. The van der Waals surface area contributed by atoms with Crippen LogP contribution in [-0.4, -0.2) is 38.0 Å². The van der Waals surface area contributed by atoms with E-state index in [1.165, 1.54) is 23.2 Å². The van der Waals surface area contributed by atoms with E-state index in [1.807, 2.05) is 5.38 Å². The lowest BCUT2D eigenvalue weighted by Gasteiger charge is -2.46.